The average molecular weight is 1140 g/mol. The Bertz CT molecular complexity index is 2530. The molecular formula is C45H70N7O19P3S-4. The number of thioether (sulfide) groups is 1. The average Bonchev–Trinajstić information content (AvgIpc) is 4.01. The van der Waals surface area contributed by atoms with E-state index in [9.17, 15) is 68.1 Å². The van der Waals surface area contributed by atoms with E-state index in [1.54, 1.807) is 0 Å². The van der Waals surface area contributed by atoms with Crippen LogP contribution >= 0.6 is 35.2 Å². The quantitative estimate of drug-likeness (QED) is 0.0590. The van der Waals surface area contributed by atoms with Gasteiger partial charge in [-0.3, -0.25) is 28.1 Å². The Balaban J connectivity index is 0.778. The summed E-state index contributed by atoms with van der Waals surface area (Å²) in [6, 6.07) is 0. The van der Waals surface area contributed by atoms with Crippen molar-refractivity contribution in [1.29, 1.82) is 0 Å². The number of nitrogen functional groups attached to an aromatic ring is 1. The summed E-state index contributed by atoms with van der Waals surface area (Å²) >= 11 is 1.14. The fraction of sp³-hybridized carbons (Fsp3) is 0.822. The van der Waals surface area contributed by atoms with Gasteiger partial charge in [0.05, 0.1) is 39.6 Å². The van der Waals surface area contributed by atoms with Gasteiger partial charge in [0.1, 0.15) is 36.3 Å². The normalized spacial score (nSPS) is 34.3. The molecule has 424 valence electrons. The van der Waals surface area contributed by atoms with E-state index >= 15 is 0 Å². The molecule has 17 atom stereocenters. The number of fused-ring (bicyclic) bond motifs is 6. The third-order valence-corrected chi connectivity index (χ3v) is 20.9. The molecule has 7 rings (SSSR count). The minimum atomic E-state index is -5.94. The summed E-state index contributed by atoms with van der Waals surface area (Å²) in [5.41, 5.74) is 4.34. The molecule has 1 saturated heterocycles. The second-order valence-electron chi connectivity index (χ2n) is 22.2. The number of nitrogens with one attached hydrogen (secondary N) is 2. The maximum atomic E-state index is 13.0. The van der Waals surface area contributed by atoms with Crippen molar-refractivity contribution in [3.05, 3.63) is 12.7 Å². The number of aromatic nitrogens is 4. The molecule has 0 bridgehead atoms. The molecule has 0 aromatic carbocycles. The SMILES string of the molecule is C[C@H](CCC(=O)SCCNC(=O)CCNC(=O)[C@H](O)C(C)(C)COP(=O)([O-])OP(=O)([O-])OC[C@H]1O[C@@H](n2cnc3c(N)ncnc32)[C@H](O)[C@@H]1OP(=O)([O-])[O-])[C@H]1CC[C@H]2[C@H]3C(CCC12C)[C@@]1(C)CC[C@@H](O)C[C@H]1C[C@H]3O. The minimum absolute atomic E-state index is 0.0231. The van der Waals surface area contributed by atoms with E-state index in [0.717, 1.165) is 86.8 Å². The molecule has 4 unspecified atom stereocenters. The molecule has 5 aliphatic rings. The van der Waals surface area contributed by atoms with Crippen LogP contribution in [0.5, 0.6) is 0 Å². The lowest BCUT2D eigenvalue weighted by atomic mass is 9.43. The number of aliphatic hydroxyl groups is 4. The highest BCUT2D eigenvalue weighted by Gasteiger charge is 2.63. The van der Waals surface area contributed by atoms with Gasteiger partial charge in [-0.1, -0.05) is 46.4 Å². The molecule has 30 heteroatoms. The number of aliphatic hydroxyl groups excluding tert-OH is 4. The zero-order valence-corrected chi connectivity index (χ0v) is 46.0. The van der Waals surface area contributed by atoms with Crippen LogP contribution in [0.3, 0.4) is 0 Å². The predicted molar refractivity (Wildman–Crippen MR) is 259 cm³/mol. The first-order valence-electron chi connectivity index (χ1n) is 25.3. The topological polar surface area (TPSA) is 415 Å². The van der Waals surface area contributed by atoms with Gasteiger partial charge < -0.3 is 79.2 Å². The Hall–Kier alpha value is -2.52. The van der Waals surface area contributed by atoms with Crippen LogP contribution in [-0.2, 0) is 50.7 Å². The highest BCUT2D eigenvalue weighted by atomic mass is 32.2. The van der Waals surface area contributed by atoms with Crippen molar-refractivity contribution in [3.63, 3.8) is 0 Å². The van der Waals surface area contributed by atoms with Crippen molar-refractivity contribution >= 4 is 69.1 Å². The first-order chi connectivity index (χ1) is 34.9. The van der Waals surface area contributed by atoms with Crippen LogP contribution in [0.2, 0.25) is 0 Å². The third kappa shape index (κ3) is 13.9. The maximum absolute atomic E-state index is 13.0. The minimum Gasteiger partial charge on any atom is -0.790 e. The van der Waals surface area contributed by atoms with Crippen molar-refractivity contribution < 1.29 is 90.7 Å². The Morgan fingerprint density at radius 2 is 1.64 bits per heavy atom. The zero-order valence-electron chi connectivity index (χ0n) is 42.5. The third-order valence-electron chi connectivity index (χ3n) is 17.0. The standard InChI is InChI=1S/C45H74N7O19P3S/c1-24(27-7-8-28-34-29(11-14-45(27,28)5)44(4)13-10-26(53)18-25(44)19-30(34)54)6-9-33(56)75-17-16-47-32(55)12-15-48-41(59)38(58)43(2,3)21-68-74(65,66)71-73(63,64)67-20-31-37(70-72(60,61)62)36(57)42(69-31)52-23-51-35-39(46)49-22-50-40(35)52/h22-31,34,36-38,42,53-54,57-58H,6-21H2,1-5H3,(H,47,55)(H,48,59)(H,63,64)(H,65,66)(H2,46,49,50)(H2,60,61,62)/p-4/t24-,25+,26-,27-,28+,29?,30-,31-,34+,36-,37-,38+,42-,44+,45?/m1/s1. The number of phosphoric acid groups is 3. The monoisotopic (exact) mass is 1140 g/mol. The van der Waals surface area contributed by atoms with E-state index in [-0.39, 0.29) is 70.6 Å². The van der Waals surface area contributed by atoms with E-state index in [0.29, 0.717) is 41.8 Å². The molecule has 3 heterocycles. The van der Waals surface area contributed by atoms with Crippen LogP contribution in [-0.4, -0.2) is 126 Å². The molecule has 0 radical (unpaired) electrons. The first-order valence-corrected chi connectivity index (χ1v) is 30.7. The smallest absolute Gasteiger partial charge is 0.274 e. The molecule has 26 nitrogen and oxygen atoms in total. The second-order valence-corrected chi connectivity index (χ2v) is 27.4. The molecule has 75 heavy (non-hydrogen) atoms. The number of carbonyl (C=O) groups is 3. The van der Waals surface area contributed by atoms with E-state index in [1.165, 1.54) is 13.8 Å². The summed E-state index contributed by atoms with van der Waals surface area (Å²) < 4.78 is 61.1. The number of phosphoric ester groups is 3. The lowest BCUT2D eigenvalue weighted by molar-refractivity contribution is -0.347. The van der Waals surface area contributed by atoms with Crippen molar-refractivity contribution in [2.75, 3.05) is 37.8 Å². The van der Waals surface area contributed by atoms with Gasteiger partial charge in [-0.15, -0.1) is 0 Å². The van der Waals surface area contributed by atoms with Crippen LogP contribution in [0.1, 0.15) is 111 Å². The number of ether oxygens (including phenoxy) is 1. The maximum Gasteiger partial charge on any atom is 0.274 e. The van der Waals surface area contributed by atoms with E-state index in [2.05, 4.69) is 64.2 Å². The van der Waals surface area contributed by atoms with Crippen LogP contribution < -0.4 is 35.9 Å². The molecule has 1 aliphatic heterocycles. The number of amides is 2. The Morgan fingerprint density at radius 3 is 2.36 bits per heavy atom. The summed E-state index contributed by atoms with van der Waals surface area (Å²) in [6.07, 6.45) is 0.708. The van der Waals surface area contributed by atoms with Crippen molar-refractivity contribution in [1.82, 2.24) is 30.2 Å². The molecular weight excluding hydrogens is 1070 g/mol. The largest absolute Gasteiger partial charge is 0.790 e. The summed E-state index contributed by atoms with van der Waals surface area (Å²) in [5, 5.41) is 48.6. The molecule has 4 saturated carbocycles. The first kappa shape index (κ1) is 60.1. The molecule has 0 spiro atoms. The van der Waals surface area contributed by atoms with E-state index in [1.807, 2.05) is 0 Å². The van der Waals surface area contributed by atoms with E-state index in [4.69, 9.17) is 10.5 Å². The van der Waals surface area contributed by atoms with Gasteiger partial charge in [0.25, 0.3) is 15.6 Å². The van der Waals surface area contributed by atoms with Crippen LogP contribution in [0.25, 0.3) is 11.2 Å². The molecule has 8 N–H and O–H groups in total. The summed E-state index contributed by atoms with van der Waals surface area (Å²) in [6.45, 7) is 7.16. The predicted octanol–water partition coefficient (Wildman–Crippen LogP) is 0.544. The highest BCUT2D eigenvalue weighted by Crippen LogP contribution is 2.68. The number of rotatable bonds is 23. The Kier molecular flexibility index (Phi) is 19.0. The number of nitrogens with two attached hydrogens (primary N) is 1. The van der Waals surface area contributed by atoms with Gasteiger partial charge >= 0.3 is 0 Å². The number of hydrogen-bond acceptors (Lipinski definition) is 24. The van der Waals surface area contributed by atoms with E-state index < -0.39 is 84.6 Å². The van der Waals surface area contributed by atoms with Crippen LogP contribution in [0.4, 0.5) is 5.82 Å². The molecule has 2 amide bonds. The van der Waals surface area contributed by atoms with Crippen molar-refractivity contribution in [2.45, 2.75) is 148 Å². The molecule has 5 fully saturated rings. The summed E-state index contributed by atoms with van der Waals surface area (Å²) in [5.74, 6) is 1.14. The number of imidazole rings is 1. The second kappa shape index (κ2) is 23.7. The van der Waals surface area contributed by atoms with Gasteiger partial charge in [0.15, 0.2) is 22.8 Å². The van der Waals surface area contributed by atoms with Gasteiger partial charge in [-0.05, 0) is 104 Å². The lowest BCUT2D eigenvalue weighted by Crippen LogP contribution is -2.58. The number of nitrogens with zero attached hydrogens (tertiary/aromatic N) is 4. The molecule has 2 aromatic heterocycles. The summed E-state index contributed by atoms with van der Waals surface area (Å²) in [7, 11) is -17.7. The Morgan fingerprint density at radius 1 is 0.947 bits per heavy atom. The lowest BCUT2D eigenvalue weighted by Gasteiger charge is -2.62. The number of carbonyl (C=O) groups excluding carboxylic acids is 3. The molecule has 4 aliphatic carbocycles. The molecule has 2 aromatic rings. The summed E-state index contributed by atoms with van der Waals surface area (Å²) in [4.78, 5) is 98.2. The van der Waals surface area contributed by atoms with Crippen LogP contribution in [0, 0.1) is 51.8 Å². The number of anilines is 1. The van der Waals surface area contributed by atoms with Gasteiger partial charge in [-0.25, -0.2) is 19.3 Å². The van der Waals surface area contributed by atoms with Gasteiger partial charge in [-0.2, -0.15) is 0 Å². The van der Waals surface area contributed by atoms with Gasteiger partial charge in [0.2, 0.25) is 11.8 Å². The Labute approximate surface area is 438 Å². The zero-order chi connectivity index (χ0) is 55.1. The fourth-order valence-corrected chi connectivity index (χ4v) is 16.5. The van der Waals surface area contributed by atoms with Crippen molar-refractivity contribution in [2.24, 2.45) is 51.8 Å². The highest BCUT2D eigenvalue weighted by molar-refractivity contribution is 8.13. The number of hydrogen-bond donors (Lipinski definition) is 7. The fourth-order valence-electron chi connectivity index (χ4n) is 13.1. The van der Waals surface area contributed by atoms with Gasteiger partial charge in [0, 0.05) is 37.1 Å². The van der Waals surface area contributed by atoms with Crippen molar-refractivity contribution in [3.8, 4) is 0 Å². The van der Waals surface area contributed by atoms with Crippen LogP contribution in [0.15, 0.2) is 12.7 Å².